The van der Waals surface area contributed by atoms with Crippen LogP contribution in [0.5, 0.6) is 0 Å². The van der Waals surface area contributed by atoms with Crippen LogP contribution in [-0.4, -0.2) is 29.9 Å². The Morgan fingerprint density at radius 1 is 1.80 bits per heavy atom. The van der Waals surface area contributed by atoms with Crippen LogP contribution in [0.25, 0.3) is 0 Å². The average Bonchev–Trinajstić information content (AvgIpc) is 2.75. The van der Waals surface area contributed by atoms with Gasteiger partial charge in [0.15, 0.2) is 0 Å². The molecular weight excluding hydrogens is 232 g/mol. The summed E-state index contributed by atoms with van der Waals surface area (Å²) in [5.41, 5.74) is 7.41. The van der Waals surface area contributed by atoms with Gasteiger partial charge in [-0.3, -0.25) is 9.78 Å². The highest BCUT2D eigenvalue weighted by Gasteiger charge is 2.12. The number of hydrogen-bond donors (Lipinski definition) is 1. The van der Waals surface area contributed by atoms with Crippen molar-refractivity contribution in [1.82, 2.24) is 4.98 Å². The molecule has 0 spiro atoms. The molecule has 0 saturated carbocycles. The number of thiazole rings is 1. The summed E-state index contributed by atoms with van der Waals surface area (Å²) in [6.07, 6.45) is 2.51. The number of ether oxygens (including phenoxy) is 1. The minimum atomic E-state index is -0.496. The highest BCUT2D eigenvalue weighted by atomic mass is 32.2. The second-order valence-corrected chi connectivity index (χ2v) is 5.01. The lowest BCUT2D eigenvalue weighted by molar-refractivity contribution is -0.142. The molecule has 0 aliphatic heterocycles. The summed E-state index contributed by atoms with van der Waals surface area (Å²) in [5.74, 6) is 1.44. The van der Waals surface area contributed by atoms with Gasteiger partial charge in [0.1, 0.15) is 6.04 Å². The van der Waals surface area contributed by atoms with Crippen molar-refractivity contribution in [2.75, 3.05) is 12.9 Å². The summed E-state index contributed by atoms with van der Waals surface area (Å²) < 4.78 is 4.53. The molecule has 4 nitrogen and oxygen atoms in total. The third kappa shape index (κ3) is 4.63. The van der Waals surface area contributed by atoms with Crippen molar-refractivity contribution in [1.29, 1.82) is 0 Å². The summed E-state index contributed by atoms with van der Waals surface area (Å²) in [5, 5.41) is 0. The maximum absolute atomic E-state index is 11.0. The van der Waals surface area contributed by atoms with E-state index >= 15 is 0 Å². The Kier molecular flexibility index (Phi) is 5.67. The Morgan fingerprint density at radius 2 is 2.60 bits per heavy atom. The topological polar surface area (TPSA) is 65.2 Å². The van der Waals surface area contributed by atoms with Gasteiger partial charge in [0.2, 0.25) is 0 Å². The predicted octanol–water partition coefficient (Wildman–Crippen LogP) is 1.27. The Labute approximate surface area is 97.2 Å². The van der Waals surface area contributed by atoms with Crippen LogP contribution >= 0.6 is 23.1 Å². The minimum Gasteiger partial charge on any atom is -0.468 e. The van der Waals surface area contributed by atoms with Crippen LogP contribution in [0.3, 0.4) is 0 Å². The SMILES string of the molecule is COC(=O)C(N)CCSCc1cncs1. The van der Waals surface area contributed by atoms with Gasteiger partial charge in [-0.1, -0.05) is 0 Å². The van der Waals surface area contributed by atoms with E-state index in [1.165, 1.54) is 12.0 Å². The smallest absolute Gasteiger partial charge is 0.322 e. The zero-order chi connectivity index (χ0) is 11.1. The van der Waals surface area contributed by atoms with Crippen LogP contribution < -0.4 is 5.73 Å². The summed E-state index contributed by atoms with van der Waals surface area (Å²) in [6.45, 7) is 0. The zero-order valence-corrected chi connectivity index (χ0v) is 10.1. The lowest BCUT2D eigenvalue weighted by atomic mass is 10.2. The fourth-order valence-electron chi connectivity index (χ4n) is 0.966. The molecule has 0 aromatic carbocycles. The molecule has 0 aliphatic rings. The van der Waals surface area contributed by atoms with Gasteiger partial charge in [0.25, 0.3) is 0 Å². The van der Waals surface area contributed by atoms with E-state index in [1.54, 1.807) is 23.1 Å². The van der Waals surface area contributed by atoms with Crippen molar-refractivity contribution in [3.05, 3.63) is 16.6 Å². The summed E-state index contributed by atoms with van der Waals surface area (Å²) >= 11 is 3.39. The number of carbonyl (C=O) groups excluding carboxylic acids is 1. The molecule has 0 amide bonds. The largest absolute Gasteiger partial charge is 0.468 e. The maximum atomic E-state index is 11.0. The van der Waals surface area contributed by atoms with Crippen molar-refractivity contribution in [3.63, 3.8) is 0 Å². The molecule has 0 saturated heterocycles. The molecule has 1 unspecified atom stereocenters. The Morgan fingerprint density at radius 3 is 3.20 bits per heavy atom. The standard InChI is InChI=1S/C9H14N2O2S2/c1-13-9(12)8(10)2-3-14-5-7-4-11-6-15-7/h4,6,8H,2-3,5,10H2,1H3. The maximum Gasteiger partial charge on any atom is 0.322 e. The molecule has 2 N–H and O–H groups in total. The second kappa shape index (κ2) is 6.81. The predicted molar refractivity (Wildman–Crippen MR) is 62.9 cm³/mol. The van der Waals surface area contributed by atoms with Gasteiger partial charge in [-0.05, 0) is 12.2 Å². The molecule has 1 rings (SSSR count). The van der Waals surface area contributed by atoms with Crippen LogP contribution in [0.4, 0.5) is 0 Å². The first-order valence-electron chi connectivity index (χ1n) is 4.52. The molecule has 84 valence electrons. The molecule has 1 atom stereocenters. The van der Waals surface area contributed by atoms with Crippen LogP contribution in [0.15, 0.2) is 11.7 Å². The summed E-state index contributed by atoms with van der Waals surface area (Å²) in [4.78, 5) is 16.2. The summed E-state index contributed by atoms with van der Waals surface area (Å²) in [6, 6.07) is -0.496. The van der Waals surface area contributed by atoms with E-state index in [-0.39, 0.29) is 5.97 Å². The van der Waals surface area contributed by atoms with Crippen molar-refractivity contribution in [2.45, 2.75) is 18.2 Å². The molecule has 6 heteroatoms. The van der Waals surface area contributed by atoms with Gasteiger partial charge in [-0.25, -0.2) is 0 Å². The molecule has 0 bridgehead atoms. The average molecular weight is 246 g/mol. The number of aromatic nitrogens is 1. The number of nitrogens with two attached hydrogens (primary N) is 1. The zero-order valence-electron chi connectivity index (χ0n) is 8.51. The van der Waals surface area contributed by atoms with Crippen LogP contribution in [0, 0.1) is 0 Å². The van der Waals surface area contributed by atoms with Crippen molar-refractivity contribution >= 4 is 29.1 Å². The van der Waals surface area contributed by atoms with E-state index in [4.69, 9.17) is 5.73 Å². The number of thioether (sulfide) groups is 1. The van der Waals surface area contributed by atoms with E-state index < -0.39 is 6.04 Å². The minimum absolute atomic E-state index is 0.339. The lowest BCUT2D eigenvalue weighted by Crippen LogP contribution is -2.31. The summed E-state index contributed by atoms with van der Waals surface area (Å²) in [7, 11) is 1.35. The van der Waals surface area contributed by atoms with E-state index in [9.17, 15) is 4.79 Å². The highest BCUT2D eigenvalue weighted by Crippen LogP contribution is 2.16. The van der Waals surface area contributed by atoms with Gasteiger partial charge >= 0.3 is 5.97 Å². The van der Waals surface area contributed by atoms with Crippen molar-refractivity contribution in [2.24, 2.45) is 5.73 Å². The third-order valence-electron chi connectivity index (χ3n) is 1.80. The van der Waals surface area contributed by atoms with E-state index in [0.29, 0.717) is 6.42 Å². The second-order valence-electron chi connectivity index (χ2n) is 2.94. The third-order valence-corrected chi connectivity index (χ3v) is 3.81. The van der Waals surface area contributed by atoms with Gasteiger partial charge in [0, 0.05) is 16.8 Å². The van der Waals surface area contributed by atoms with E-state index in [2.05, 4.69) is 9.72 Å². The molecular formula is C9H14N2O2S2. The Bertz CT molecular complexity index is 290. The quantitative estimate of drug-likeness (QED) is 0.605. The van der Waals surface area contributed by atoms with Gasteiger partial charge < -0.3 is 10.5 Å². The van der Waals surface area contributed by atoms with Crippen LogP contribution in [-0.2, 0) is 15.3 Å². The molecule has 0 fully saturated rings. The van der Waals surface area contributed by atoms with Gasteiger partial charge in [-0.2, -0.15) is 11.8 Å². The molecule has 1 aromatic rings. The van der Waals surface area contributed by atoms with E-state index in [0.717, 1.165) is 11.5 Å². The van der Waals surface area contributed by atoms with Gasteiger partial charge in [0.05, 0.1) is 12.6 Å². The van der Waals surface area contributed by atoms with Gasteiger partial charge in [-0.15, -0.1) is 11.3 Å². The van der Waals surface area contributed by atoms with Crippen LogP contribution in [0.1, 0.15) is 11.3 Å². The molecule has 1 aromatic heterocycles. The number of carbonyl (C=O) groups is 1. The number of methoxy groups -OCH3 is 1. The first-order chi connectivity index (χ1) is 7.24. The van der Waals surface area contributed by atoms with E-state index in [1.807, 2.05) is 11.7 Å². The van der Waals surface area contributed by atoms with Crippen molar-refractivity contribution < 1.29 is 9.53 Å². The number of esters is 1. The molecule has 0 aliphatic carbocycles. The number of rotatable bonds is 6. The lowest BCUT2D eigenvalue weighted by Gasteiger charge is -2.07. The first kappa shape index (κ1) is 12.5. The Balaban J connectivity index is 2.09. The van der Waals surface area contributed by atoms with Crippen LogP contribution in [0.2, 0.25) is 0 Å². The normalized spacial score (nSPS) is 12.4. The fourth-order valence-corrected chi connectivity index (χ4v) is 2.71. The molecule has 15 heavy (non-hydrogen) atoms. The monoisotopic (exact) mass is 246 g/mol. The molecule has 1 heterocycles. The Hall–Kier alpha value is -0.590. The first-order valence-corrected chi connectivity index (χ1v) is 6.56. The fraction of sp³-hybridized carbons (Fsp3) is 0.556. The molecule has 0 radical (unpaired) electrons. The number of nitrogens with zero attached hydrogens (tertiary/aromatic N) is 1. The highest BCUT2D eigenvalue weighted by molar-refractivity contribution is 7.98. The van der Waals surface area contributed by atoms with Crippen molar-refractivity contribution in [3.8, 4) is 0 Å². The number of hydrogen-bond acceptors (Lipinski definition) is 6.